The molecule has 1 heterocycles. The van der Waals surface area contributed by atoms with Gasteiger partial charge in [0.2, 0.25) is 0 Å². The average Bonchev–Trinajstić information content (AvgIpc) is 2.52. The van der Waals surface area contributed by atoms with Crippen molar-refractivity contribution in [2.24, 2.45) is 0 Å². The number of aromatic nitrogens is 2. The Hall–Kier alpha value is -1.47. The Labute approximate surface area is 152 Å². The van der Waals surface area contributed by atoms with Crippen molar-refractivity contribution >= 4 is 31.6 Å². The Balaban J connectivity index is 2.21. The zero-order valence-corrected chi connectivity index (χ0v) is 16.7. The van der Waals surface area contributed by atoms with Crippen LogP contribution in [0.15, 0.2) is 39.7 Å². The number of halogens is 1. The summed E-state index contributed by atoms with van der Waals surface area (Å²) >= 11 is 3.32. The smallest absolute Gasteiger partial charge is 0.185 e. The molecule has 1 N–H and O–H groups in total. The van der Waals surface area contributed by atoms with E-state index in [-0.39, 0.29) is 6.54 Å². The first-order valence-electron chi connectivity index (χ1n) is 7.74. The van der Waals surface area contributed by atoms with E-state index in [9.17, 15) is 8.42 Å². The molecule has 0 bridgehead atoms. The van der Waals surface area contributed by atoms with Crippen molar-refractivity contribution in [2.45, 2.75) is 43.8 Å². The second-order valence-electron chi connectivity index (χ2n) is 6.22. The molecule has 2 aromatic rings. The molecule has 0 spiro atoms. The number of sulfone groups is 1. The molecule has 0 saturated heterocycles. The van der Waals surface area contributed by atoms with Crippen LogP contribution in [0.1, 0.15) is 32.3 Å². The maximum atomic E-state index is 12.9. The Morgan fingerprint density at radius 2 is 1.79 bits per heavy atom. The highest BCUT2D eigenvalue weighted by Crippen LogP contribution is 2.27. The number of aryl methyl sites for hydroxylation is 2. The zero-order chi connectivity index (χ0) is 18.0. The number of nitrogens with one attached hydrogen (secondary N) is 1. The molecule has 0 fully saturated rings. The van der Waals surface area contributed by atoms with E-state index in [0.29, 0.717) is 16.5 Å². The third kappa shape index (κ3) is 4.13. The SMILES string of the molecule is CCc1cc(NCC(C)(C)S(=O)(=O)c2ccc(Br)cc2)nc(C)n1. The standard InChI is InChI=1S/C17H22BrN3O2S/c1-5-14-10-16(21-12(2)20-14)19-11-17(3,4)24(22,23)15-8-6-13(18)7-9-15/h6-10H,5,11H2,1-4H3,(H,19,20,21). The molecule has 5 nitrogen and oxygen atoms in total. The Morgan fingerprint density at radius 3 is 2.38 bits per heavy atom. The fraction of sp³-hybridized carbons (Fsp3) is 0.412. The van der Waals surface area contributed by atoms with Gasteiger partial charge < -0.3 is 5.32 Å². The first-order chi connectivity index (χ1) is 11.2. The second kappa shape index (κ2) is 7.19. The summed E-state index contributed by atoms with van der Waals surface area (Å²) in [5.41, 5.74) is 0.929. The van der Waals surface area contributed by atoms with Gasteiger partial charge in [-0.05, 0) is 51.5 Å². The number of hydrogen-bond donors (Lipinski definition) is 1. The highest BCUT2D eigenvalue weighted by molar-refractivity contribution is 9.10. The molecule has 0 unspecified atom stereocenters. The van der Waals surface area contributed by atoms with Crippen LogP contribution in [0.5, 0.6) is 0 Å². The van der Waals surface area contributed by atoms with Crippen molar-refractivity contribution in [2.75, 3.05) is 11.9 Å². The van der Waals surface area contributed by atoms with Gasteiger partial charge in [0, 0.05) is 22.8 Å². The van der Waals surface area contributed by atoms with Gasteiger partial charge in [-0.15, -0.1) is 0 Å². The fourth-order valence-electron chi connectivity index (χ4n) is 2.23. The summed E-state index contributed by atoms with van der Waals surface area (Å²) in [5.74, 6) is 1.32. The average molecular weight is 412 g/mol. The van der Waals surface area contributed by atoms with Crippen molar-refractivity contribution in [1.82, 2.24) is 9.97 Å². The number of anilines is 1. The lowest BCUT2D eigenvalue weighted by Crippen LogP contribution is -2.39. The maximum absolute atomic E-state index is 12.9. The lowest BCUT2D eigenvalue weighted by atomic mass is 10.2. The van der Waals surface area contributed by atoms with Gasteiger partial charge in [-0.2, -0.15) is 0 Å². The Kier molecular flexibility index (Phi) is 5.65. The summed E-state index contributed by atoms with van der Waals surface area (Å²) < 4.78 is 25.6. The molecule has 0 atom stereocenters. The van der Waals surface area contributed by atoms with Crippen LogP contribution in [0.3, 0.4) is 0 Å². The third-order valence-corrected chi connectivity index (χ3v) is 6.82. The minimum atomic E-state index is -3.48. The van der Waals surface area contributed by atoms with Crippen molar-refractivity contribution < 1.29 is 8.42 Å². The van der Waals surface area contributed by atoms with E-state index < -0.39 is 14.6 Å². The van der Waals surface area contributed by atoms with Crippen LogP contribution in [-0.2, 0) is 16.3 Å². The summed E-state index contributed by atoms with van der Waals surface area (Å²) in [5, 5.41) is 3.15. The molecule has 24 heavy (non-hydrogen) atoms. The number of rotatable bonds is 6. The van der Waals surface area contributed by atoms with E-state index in [2.05, 4.69) is 31.2 Å². The molecule has 0 saturated carbocycles. The van der Waals surface area contributed by atoms with Gasteiger partial charge in [0.05, 0.1) is 9.64 Å². The van der Waals surface area contributed by atoms with Gasteiger partial charge in [0.1, 0.15) is 11.6 Å². The molecular formula is C17H22BrN3O2S. The topological polar surface area (TPSA) is 72.0 Å². The van der Waals surface area contributed by atoms with Crippen LogP contribution in [0, 0.1) is 6.92 Å². The summed E-state index contributed by atoms with van der Waals surface area (Å²) in [6.45, 7) is 7.53. The van der Waals surface area contributed by atoms with Gasteiger partial charge in [-0.3, -0.25) is 0 Å². The number of hydrogen-bond acceptors (Lipinski definition) is 5. The predicted molar refractivity (Wildman–Crippen MR) is 100 cm³/mol. The van der Waals surface area contributed by atoms with Crippen LogP contribution < -0.4 is 5.32 Å². The molecule has 0 amide bonds. The summed E-state index contributed by atoms with van der Waals surface area (Å²) in [6, 6.07) is 8.56. The summed E-state index contributed by atoms with van der Waals surface area (Å²) in [4.78, 5) is 8.97. The van der Waals surface area contributed by atoms with E-state index >= 15 is 0 Å². The largest absolute Gasteiger partial charge is 0.368 e. The second-order valence-corrected chi connectivity index (χ2v) is 9.72. The summed E-state index contributed by atoms with van der Waals surface area (Å²) in [7, 11) is -3.48. The Bertz CT molecular complexity index is 818. The first-order valence-corrected chi connectivity index (χ1v) is 10.0. The fourth-order valence-corrected chi connectivity index (χ4v) is 3.89. The van der Waals surface area contributed by atoms with Gasteiger partial charge >= 0.3 is 0 Å². The Morgan fingerprint density at radius 1 is 1.17 bits per heavy atom. The highest BCUT2D eigenvalue weighted by atomic mass is 79.9. The van der Waals surface area contributed by atoms with E-state index in [1.165, 1.54) is 0 Å². The van der Waals surface area contributed by atoms with E-state index in [1.54, 1.807) is 38.1 Å². The van der Waals surface area contributed by atoms with Gasteiger partial charge in [0.15, 0.2) is 9.84 Å². The molecule has 2 rings (SSSR count). The molecule has 0 aliphatic carbocycles. The number of benzene rings is 1. The molecule has 7 heteroatoms. The monoisotopic (exact) mass is 411 g/mol. The lowest BCUT2D eigenvalue weighted by Gasteiger charge is -2.25. The molecule has 0 radical (unpaired) electrons. The molecule has 130 valence electrons. The minimum Gasteiger partial charge on any atom is -0.368 e. The quantitative estimate of drug-likeness (QED) is 0.782. The maximum Gasteiger partial charge on any atom is 0.185 e. The molecular weight excluding hydrogens is 390 g/mol. The highest BCUT2D eigenvalue weighted by Gasteiger charge is 2.35. The van der Waals surface area contributed by atoms with Crippen molar-refractivity contribution in [3.05, 3.63) is 46.3 Å². The van der Waals surface area contributed by atoms with E-state index in [0.717, 1.165) is 16.6 Å². The molecule has 1 aromatic carbocycles. The lowest BCUT2D eigenvalue weighted by molar-refractivity contribution is 0.553. The van der Waals surface area contributed by atoms with Crippen molar-refractivity contribution in [1.29, 1.82) is 0 Å². The van der Waals surface area contributed by atoms with Crippen molar-refractivity contribution in [3.63, 3.8) is 0 Å². The minimum absolute atomic E-state index is 0.255. The van der Waals surface area contributed by atoms with E-state index in [4.69, 9.17) is 0 Å². The van der Waals surface area contributed by atoms with Crippen LogP contribution >= 0.6 is 15.9 Å². The summed E-state index contributed by atoms with van der Waals surface area (Å²) in [6.07, 6.45) is 0.804. The van der Waals surface area contributed by atoms with Crippen LogP contribution in [0.25, 0.3) is 0 Å². The van der Waals surface area contributed by atoms with Gasteiger partial charge in [-0.25, -0.2) is 18.4 Å². The third-order valence-electron chi connectivity index (χ3n) is 3.80. The van der Waals surface area contributed by atoms with E-state index in [1.807, 2.05) is 19.9 Å². The zero-order valence-electron chi connectivity index (χ0n) is 14.3. The van der Waals surface area contributed by atoms with Gasteiger partial charge in [0.25, 0.3) is 0 Å². The van der Waals surface area contributed by atoms with Crippen LogP contribution in [0.4, 0.5) is 5.82 Å². The normalized spacial score (nSPS) is 12.2. The molecule has 1 aromatic heterocycles. The number of nitrogens with zero attached hydrogens (tertiary/aromatic N) is 2. The first kappa shape index (κ1) is 18.9. The van der Waals surface area contributed by atoms with Crippen LogP contribution in [-0.4, -0.2) is 29.7 Å². The predicted octanol–water partition coefficient (Wildman–Crippen LogP) is 3.77. The molecule has 0 aliphatic rings. The van der Waals surface area contributed by atoms with Gasteiger partial charge in [-0.1, -0.05) is 22.9 Å². The van der Waals surface area contributed by atoms with Crippen LogP contribution in [0.2, 0.25) is 0 Å². The molecule has 0 aliphatic heterocycles. The van der Waals surface area contributed by atoms with Crippen molar-refractivity contribution in [3.8, 4) is 0 Å².